The Balaban J connectivity index is 2.25. The lowest BCUT2D eigenvalue weighted by Crippen LogP contribution is -2.35. The lowest BCUT2D eigenvalue weighted by atomic mass is 9.85. The first kappa shape index (κ1) is 17.0. The van der Waals surface area contributed by atoms with Crippen molar-refractivity contribution >= 4 is 0 Å². The number of likely N-dealkylation sites (tertiary alicyclic amines) is 1. The van der Waals surface area contributed by atoms with Crippen molar-refractivity contribution in [1.82, 2.24) is 4.90 Å². The van der Waals surface area contributed by atoms with Crippen LogP contribution in [0.1, 0.15) is 72.1 Å². The van der Waals surface area contributed by atoms with Gasteiger partial charge in [0.25, 0.3) is 0 Å². The Kier molecular flexibility index (Phi) is 8.01. The third-order valence-corrected chi connectivity index (χ3v) is 5.02. The maximum absolute atomic E-state index is 5.45. The van der Waals surface area contributed by atoms with Gasteiger partial charge in [-0.3, -0.25) is 0 Å². The normalized spacial score (nSPS) is 25.9. The molecule has 0 aliphatic carbocycles. The molecule has 2 heteroatoms. The van der Waals surface area contributed by atoms with E-state index in [-0.39, 0.29) is 0 Å². The van der Waals surface area contributed by atoms with Crippen LogP contribution < -0.4 is 0 Å². The van der Waals surface area contributed by atoms with E-state index in [4.69, 9.17) is 4.74 Å². The highest BCUT2D eigenvalue weighted by atomic mass is 16.5. The molecule has 1 aliphatic rings. The molecule has 0 N–H and O–H groups in total. The molecule has 2 nitrogen and oxygen atoms in total. The summed E-state index contributed by atoms with van der Waals surface area (Å²) in [5.41, 5.74) is 0.436. The van der Waals surface area contributed by atoms with Crippen LogP contribution in [0.3, 0.4) is 0 Å². The molecular weight excluding hydrogens is 234 g/mol. The predicted molar refractivity (Wildman–Crippen MR) is 83.6 cm³/mol. The van der Waals surface area contributed by atoms with Gasteiger partial charge < -0.3 is 9.64 Å². The first-order valence-electron chi connectivity index (χ1n) is 8.40. The monoisotopic (exact) mass is 269 g/mol. The number of nitrogens with zero attached hydrogens (tertiary/aromatic N) is 1. The summed E-state index contributed by atoms with van der Waals surface area (Å²) in [5, 5.41) is 0. The summed E-state index contributed by atoms with van der Waals surface area (Å²) in [6.45, 7) is 10.5. The molecule has 19 heavy (non-hydrogen) atoms. The Labute approximate surface area is 120 Å². The summed E-state index contributed by atoms with van der Waals surface area (Å²) in [7, 11) is 1.84. The molecular formula is C17H35NO. The van der Waals surface area contributed by atoms with Gasteiger partial charge in [-0.25, -0.2) is 0 Å². The van der Waals surface area contributed by atoms with Gasteiger partial charge in [0, 0.05) is 25.1 Å². The highest BCUT2D eigenvalue weighted by molar-refractivity contribution is 4.90. The minimum atomic E-state index is 0.436. The van der Waals surface area contributed by atoms with Crippen LogP contribution in [0, 0.1) is 5.41 Å². The van der Waals surface area contributed by atoms with E-state index in [2.05, 4.69) is 25.7 Å². The summed E-state index contributed by atoms with van der Waals surface area (Å²) in [5.74, 6) is 0. The fraction of sp³-hybridized carbons (Fsp3) is 1.00. The van der Waals surface area contributed by atoms with Crippen molar-refractivity contribution in [1.29, 1.82) is 0 Å². The van der Waals surface area contributed by atoms with E-state index in [1.807, 2.05) is 7.11 Å². The van der Waals surface area contributed by atoms with Crippen molar-refractivity contribution in [3.63, 3.8) is 0 Å². The Bertz CT molecular complexity index is 231. The molecule has 0 bridgehead atoms. The standard InChI is InChI=1S/C17H35NO/c1-5-7-8-9-10-11-16(3)18-13-12-17(6-2,14-18)15-19-4/h16H,5-15H2,1-4H3. The third-order valence-electron chi connectivity index (χ3n) is 5.02. The quantitative estimate of drug-likeness (QED) is 0.542. The van der Waals surface area contributed by atoms with Crippen molar-refractivity contribution in [2.75, 3.05) is 26.8 Å². The van der Waals surface area contributed by atoms with Gasteiger partial charge in [0.05, 0.1) is 6.61 Å². The van der Waals surface area contributed by atoms with Crippen LogP contribution in [0.4, 0.5) is 0 Å². The Hall–Kier alpha value is -0.0800. The zero-order chi connectivity index (χ0) is 14.1. The second kappa shape index (κ2) is 8.97. The second-order valence-corrected chi connectivity index (χ2v) is 6.56. The van der Waals surface area contributed by atoms with Gasteiger partial charge in [0.2, 0.25) is 0 Å². The number of ether oxygens (including phenoxy) is 1. The number of rotatable bonds is 10. The zero-order valence-corrected chi connectivity index (χ0v) is 13.7. The highest BCUT2D eigenvalue weighted by Crippen LogP contribution is 2.35. The molecule has 1 heterocycles. The minimum absolute atomic E-state index is 0.436. The molecule has 0 spiro atoms. The van der Waals surface area contributed by atoms with Gasteiger partial charge in [-0.2, -0.15) is 0 Å². The van der Waals surface area contributed by atoms with Crippen LogP contribution in [-0.4, -0.2) is 37.7 Å². The molecule has 114 valence electrons. The van der Waals surface area contributed by atoms with Crippen LogP contribution in [-0.2, 0) is 4.74 Å². The summed E-state index contributed by atoms with van der Waals surface area (Å²) in [6, 6.07) is 0.756. The predicted octanol–water partition coefficient (Wildman–Crippen LogP) is 4.48. The molecule has 1 saturated heterocycles. The van der Waals surface area contributed by atoms with E-state index in [9.17, 15) is 0 Å². The Morgan fingerprint density at radius 3 is 2.53 bits per heavy atom. The zero-order valence-electron chi connectivity index (χ0n) is 13.7. The molecule has 1 fully saturated rings. The van der Waals surface area contributed by atoms with Gasteiger partial charge >= 0.3 is 0 Å². The smallest absolute Gasteiger partial charge is 0.0531 e. The molecule has 0 saturated carbocycles. The van der Waals surface area contributed by atoms with E-state index >= 15 is 0 Å². The number of methoxy groups -OCH3 is 1. The van der Waals surface area contributed by atoms with Crippen molar-refractivity contribution in [3.05, 3.63) is 0 Å². The topological polar surface area (TPSA) is 12.5 Å². The maximum atomic E-state index is 5.45. The fourth-order valence-corrected chi connectivity index (χ4v) is 3.39. The van der Waals surface area contributed by atoms with Crippen molar-refractivity contribution in [2.24, 2.45) is 5.41 Å². The first-order chi connectivity index (χ1) is 9.17. The van der Waals surface area contributed by atoms with Gasteiger partial charge in [0.1, 0.15) is 0 Å². The summed E-state index contributed by atoms with van der Waals surface area (Å²) < 4.78 is 5.45. The van der Waals surface area contributed by atoms with Crippen LogP contribution in [0.5, 0.6) is 0 Å². The number of hydrogen-bond donors (Lipinski definition) is 0. The van der Waals surface area contributed by atoms with Crippen molar-refractivity contribution in [2.45, 2.75) is 78.2 Å². The number of unbranched alkanes of at least 4 members (excludes halogenated alkanes) is 4. The lowest BCUT2D eigenvalue weighted by Gasteiger charge is -2.30. The van der Waals surface area contributed by atoms with E-state index < -0.39 is 0 Å². The summed E-state index contributed by atoms with van der Waals surface area (Å²) >= 11 is 0. The third kappa shape index (κ3) is 5.43. The number of hydrogen-bond acceptors (Lipinski definition) is 2. The lowest BCUT2D eigenvalue weighted by molar-refractivity contribution is 0.0757. The minimum Gasteiger partial charge on any atom is -0.384 e. The van der Waals surface area contributed by atoms with E-state index in [1.165, 1.54) is 64.5 Å². The first-order valence-corrected chi connectivity index (χ1v) is 8.40. The largest absolute Gasteiger partial charge is 0.384 e. The van der Waals surface area contributed by atoms with Crippen LogP contribution in [0.2, 0.25) is 0 Å². The van der Waals surface area contributed by atoms with Crippen LogP contribution in [0.15, 0.2) is 0 Å². The Morgan fingerprint density at radius 2 is 1.89 bits per heavy atom. The van der Waals surface area contributed by atoms with Crippen LogP contribution >= 0.6 is 0 Å². The molecule has 1 rings (SSSR count). The average Bonchev–Trinajstić information content (AvgIpc) is 2.84. The molecule has 1 aliphatic heterocycles. The van der Waals surface area contributed by atoms with Gasteiger partial charge in [-0.15, -0.1) is 0 Å². The molecule has 0 aromatic rings. The van der Waals surface area contributed by atoms with E-state index in [0.717, 1.165) is 12.6 Å². The second-order valence-electron chi connectivity index (χ2n) is 6.56. The van der Waals surface area contributed by atoms with E-state index in [1.54, 1.807) is 0 Å². The maximum Gasteiger partial charge on any atom is 0.0531 e. The van der Waals surface area contributed by atoms with Crippen molar-refractivity contribution in [3.8, 4) is 0 Å². The average molecular weight is 269 g/mol. The van der Waals surface area contributed by atoms with Crippen LogP contribution in [0.25, 0.3) is 0 Å². The fourth-order valence-electron chi connectivity index (χ4n) is 3.39. The molecule has 0 radical (unpaired) electrons. The Morgan fingerprint density at radius 1 is 1.16 bits per heavy atom. The molecule has 2 unspecified atom stereocenters. The molecule has 0 aromatic heterocycles. The molecule has 0 amide bonds. The van der Waals surface area contributed by atoms with E-state index in [0.29, 0.717) is 5.41 Å². The summed E-state index contributed by atoms with van der Waals surface area (Å²) in [6.07, 6.45) is 10.9. The van der Waals surface area contributed by atoms with Crippen molar-refractivity contribution < 1.29 is 4.74 Å². The highest BCUT2D eigenvalue weighted by Gasteiger charge is 2.37. The SMILES string of the molecule is CCCCCCCC(C)N1CCC(CC)(COC)C1. The molecule has 0 aromatic carbocycles. The van der Waals surface area contributed by atoms with Gasteiger partial charge in [-0.1, -0.05) is 46.0 Å². The summed E-state index contributed by atoms with van der Waals surface area (Å²) in [4.78, 5) is 2.70. The van der Waals surface area contributed by atoms with Gasteiger partial charge in [0.15, 0.2) is 0 Å². The van der Waals surface area contributed by atoms with Gasteiger partial charge in [-0.05, 0) is 32.7 Å². The molecule has 2 atom stereocenters.